The monoisotopic (exact) mass is 474 g/mol. The number of carbonyl (C=O) groups is 1. The third-order valence-corrected chi connectivity index (χ3v) is 4.90. The predicted molar refractivity (Wildman–Crippen MR) is 96.7 cm³/mol. The van der Waals surface area contributed by atoms with Crippen molar-refractivity contribution in [2.45, 2.75) is 0 Å². The summed E-state index contributed by atoms with van der Waals surface area (Å²) >= 11 is 7.00. The molecule has 7 heteroatoms. The number of hydrogen-bond acceptors (Lipinski definition) is 4. The van der Waals surface area contributed by atoms with E-state index in [0.717, 1.165) is 18.3 Å². The average molecular weight is 475 g/mol. The summed E-state index contributed by atoms with van der Waals surface area (Å²) in [4.78, 5) is 15.8. The number of fused-ring (bicyclic) bond motifs is 1. The van der Waals surface area contributed by atoms with Crippen molar-refractivity contribution in [2.24, 2.45) is 0 Å². The van der Waals surface area contributed by atoms with Gasteiger partial charge in [0, 0.05) is 8.04 Å². The van der Waals surface area contributed by atoms with Gasteiger partial charge in [0.25, 0.3) is 0 Å². The van der Waals surface area contributed by atoms with Gasteiger partial charge in [-0.05, 0) is 59.0 Å². The normalized spacial score (nSPS) is 10.8. The molecule has 0 aliphatic carbocycles. The third kappa shape index (κ3) is 3.19. The van der Waals surface area contributed by atoms with Crippen molar-refractivity contribution in [3.05, 3.63) is 50.0 Å². The summed E-state index contributed by atoms with van der Waals surface area (Å²) in [6.07, 6.45) is 0. The van der Waals surface area contributed by atoms with E-state index in [1.165, 1.54) is 11.3 Å². The fourth-order valence-corrected chi connectivity index (χ4v) is 3.79. The summed E-state index contributed by atoms with van der Waals surface area (Å²) in [5.41, 5.74) is 1.66. The number of nitrogens with one attached hydrogen (secondary N) is 1. The molecule has 0 radical (unpaired) electrons. The van der Waals surface area contributed by atoms with Crippen molar-refractivity contribution in [3.8, 4) is 0 Å². The largest absolute Gasteiger partial charge is 0.478 e. The molecule has 0 fully saturated rings. The zero-order valence-corrected chi connectivity index (χ0v) is 15.0. The first-order valence-electron chi connectivity index (χ1n) is 5.89. The molecular formula is C14H8BrIN2O2S. The zero-order valence-electron chi connectivity index (χ0n) is 10.4. The topological polar surface area (TPSA) is 62.2 Å². The lowest BCUT2D eigenvalue weighted by Crippen LogP contribution is -2.02. The van der Waals surface area contributed by atoms with Crippen molar-refractivity contribution >= 4 is 76.9 Å². The molecule has 1 heterocycles. The second kappa shape index (κ2) is 5.90. The van der Waals surface area contributed by atoms with Crippen LogP contribution in [0, 0.1) is 3.57 Å². The average Bonchev–Trinajstić information content (AvgIpc) is 2.82. The second-order valence-corrected chi connectivity index (χ2v) is 7.44. The van der Waals surface area contributed by atoms with Crippen LogP contribution < -0.4 is 5.32 Å². The van der Waals surface area contributed by atoms with Crippen LogP contribution in [0.15, 0.2) is 40.9 Å². The predicted octanol–water partition coefficient (Wildman–Crippen LogP) is 5.11. The van der Waals surface area contributed by atoms with Crippen LogP contribution in [0.3, 0.4) is 0 Å². The first-order valence-corrected chi connectivity index (χ1v) is 8.58. The van der Waals surface area contributed by atoms with E-state index in [4.69, 9.17) is 0 Å². The molecule has 3 aromatic rings. The van der Waals surface area contributed by atoms with Gasteiger partial charge in [-0.2, -0.15) is 0 Å². The van der Waals surface area contributed by atoms with Crippen LogP contribution in [0.1, 0.15) is 10.4 Å². The van der Waals surface area contributed by atoms with Crippen LogP contribution in [0.25, 0.3) is 10.2 Å². The van der Waals surface area contributed by atoms with Gasteiger partial charge in [-0.1, -0.05) is 27.3 Å². The summed E-state index contributed by atoms with van der Waals surface area (Å²) < 4.78 is 2.91. The standard InChI is InChI=1S/C14H8BrIN2O2S/c15-7-1-3-11-12(5-7)21-14(18-11)17-10-4-2-8(16)6-9(10)13(19)20/h1-6H,(H,17,18)(H,19,20). The fourth-order valence-electron chi connectivity index (χ4n) is 1.87. The van der Waals surface area contributed by atoms with Crippen molar-refractivity contribution in [3.63, 3.8) is 0 Å². The van der Waals surface area contributed by atoms with E-state index in [0.29, 0.717) is 10.8 Å². The molecular weight excluding hydrogens is 467 g/mol. The van der Waals surface area contributed by atoms with Crippen molar-refractivity contribution in [1.82, 2.24) is 4.98 Å². The lowest BCUT2D eigenvalue weighted by molar-refractivity contribution is 0.0698. The minimum Gasteiger partial charge on any atom is -0.478 e. The number of carboxylic acids is 1. The lowest BCUT2D eigenvalue weighted by Gasteiger charge is -2.07. The summed E-state index contributed by atoms with van der Waals surface area (Å²) in [5, 5.41) is 13.0. The molecule has 3 rings (SSSR count). The molecule has 0 atom stereocenters. The van der Waals surface area contributed by atoms with Gasteiger partial charge in [0.2, 0.25) is 0 Å². The molecule has 0 saturated heterocycles. The summed E-state index contributed by atoms with van der Waals surface area (Å²) in [6.45, 7) is 0. The maximum absolute atomic E-state index is 11.3. The number of aromatic carboxylic acids is 1. The molecule has 0 spiro atoms. The fraction of sp³-hybridized carbons (Fsp3) is 0. The molecule has 0 aliphatic rings. The second-order valence-electron chi connectivity index (χ2n) is 4.25. The molecule has 106 valence electrons. The lowest BCUT2D eigenvalue weighted by atomic mass is 10.2. The maximum atomic E-state index is 11.3. The quantitative estimate of drug-likeness (QED) is 0.518. The molecule has 0 aliphatic heterocycles. The van der Waals surface area contributed by atoms with Crippen molar-refractivity contribution in [1.29, 1.82) is 0 Å². The minimum atomic E-state index is -0.958. The van der Waals surface area contributed by atoms with E-state index in [2.05, 4.69) is 48.8 Å². The summed E-state index contributed by atoms with van der Waals surface area (Å²) in [5.74, 6) is -0.958. The number of anilines is 2. The molecule has 21 heavy (non-hydrogen) atoms. The van der Waals surface area contributed by atoms with Crippen LogP contribution in [0.2, 0.25) is 0 Å². The van der Waals surface area contributed by atoms with Gasteiger partial charge in [-0.15, -0.1) is 0 Å². The molecule has 1 aromatic heterocycles. The van der Waals surface area contributed by atoms with Crippen LogP contribution in [0.4, 0.5) is 10.8 Å². The highest BCUT2D eigenvalue weighted by atomic mass is 127. The molecule has 0 amide bonds. The highest BCUT2D eigenvalue weighted by molar-refractivity contribution is 14.1. The van der Waals surface area contributed by atoms with Gasteiger partial charge in [0.05, 0.1) is 21.5 Å². The Morgan fingerprint density at radius 2 is 2.10 bits per heavy atom. The Bertz CT molecular complexity index is 850. The number of nitrogens with zero attached hydrogens (tertiary/aromatic N) is 1. The highest BCUT2D eigenvalue weighted by Crippen LogP contribution is 2.31. The van der Waals surface area contributed by atoms with Gasteiger partial charge in [-0.25, -0.2) is 9.78 Å². The van der Waals surface area contributed by atoms with Crippen LogP contribution in [-0.4, -0.2) is 16.1 Å². The highest BCUT2D eigenvalue weighted by Gasteiger charge is 2.12. The van der Waals surface area contributed by atoms with E-state index < -0.39 is 5.97 Å². The van der Waals surface area contributed by atoms with Gasteiger partial charge in [0.15, 0.2) is 5.13 Å². The van der Waals surface area contributed by atoms with Crippen LogP contribution in [0.5, 0.6) is 0 Å². The summed E-state index contributed by atoms with van der Waals surface area (Å²) in [7, 11) is 0. The Balaban J connectivity index is 2.00. The van der Waals surface area contributed by atoms with Crippen molar-refractivity contribution in [2.75, 3.05) is 5.32 Å². The van der Waals surface area contributed by atoms with Crippen molar-refractivity contribution < 1.29 is 9.90 Å². The van der Waals surface area contributed by atoms with E-state index in [9.17, 15) is 9.90 Å². The minimum absolute atomic E-state index is 0.238. The SMILES string of the molecule is O=C(O)c1cc(I)ccc1Nc1nc2ccc(Br)cc2s1. The molecule has 2 N–H and O–H groups in total. The molecule has 0 saturated carbocycles. The van der Waals surface area contributed by atoms with E-state index in [1.807, 2.05) is 24.3 Å². The molecule has 2 aromatic carbocycles. The molecule has 0 bridgehead atoms. The first kappa shape index (κ1) is 14.7. The number of thiazole rings is 1. The number of rotatable bonds is 3. The zero-order chi connectivity index (χ0) is 15.0. The Morgan fingerprint density at radius 3 is 2.86 bits per heavy atom. The van der Waals surface area contributed by atoms with E-state index in [-0.39, 0.29) is 5.56 Å². The molecule has 4 nitrogen and oxygen atoms in total. The van der Waals surface area contributed by atoms with E-state index >= 15 is 0 Å². The Kier molecular flexibility index (Phi) is 4.14. The Hall–Kier alpha value is -1.19. The maximum Gasteiger partial charge on any atom is 0.337 e. The smallest absolute Gasteiger partial charge is 0.337 e. The number of halogens is 2. The number of hydrogen-bond donors (Lipinski definition) is 2. The number of aromatic nitrogens is 1. The first-order chi connectivity index (χ1) is 10.0. The third-order valence-electron chi connectivity index (χ3n) is 2.80. The number of benzene rings is 2. The van der Waals surface area contributed by atoms with Gasteiger partial charge >= 0.3 is 5.97 Å². The van der Waals surface area contributed by atoms with Gasteiger partial charge in [-0.3, -0.25) is 0 Å². The molecule has 0 unspecified atom stereocenters. The van der Waals surface area contributed by atoms with Crippen LogP contribution in [-0.2, 0) is 0 Å². The Labute approximate surface area is 146 Å². The van der Waals surface area contributed by atoms with Crippen LogP contribution >= 0.6 is 49.9 Å². The Morgan fingerprint density at radius 1 is 1.29 bits per heavy atom. The van der Waals surface area contributed by atoms with Gasteiger partial charge in [0.1, 0.15) is 0 Å². The van der Waals surface area contributed by atoms with E-state index in [1.54, 1.807) is 12.1 Å². The number of carboxylic acid groups (broad SMARTS) is 1. The van der Waals surface area contributed by atoms with Gasteiger partial charge < -0.3 is 10.4 Å². The summed E-state index contributed by atoms with van der Waals surface area (Å²) in [6, 6.07) is 11.1.